The molecule has 0 saturated heterocycles. The summed E-state index contributed by atoms with van der Waals surface area (Å²) in [5.74, 6) is 0.676. The number of nitriles is 1. The van der Waals surface area contributed by atoms with Gasteiger partial charge in [0.25, 0.3) is 0 Å². The van der Waals surface area contributed by atoms with Crippen LogP contribution in [-0.2, 0) is 5.54 Å². The van der Waals surface area contributed by atoms with E-state index in [-0.39, 0.29) is 0 Å². The van der Waals surface area contributed by atoms with Crippen molar-refractivity contribution in [1.82, 2.24) is 4.90 Å². The Morgan fingerprint density at radius 2 is 2.25 bits per heavy atom. The fourth-order valence-corrected chi connectivity index (χ4v) is 0.931. The van der Waals surface area contributed by atoms with Gasteiger partial charge >= 0.3 is 0 Å². The fraction of sp³-hybridized carbons (Fsp3) is 0.444. The zero-order chi connectivity index (χ0) is 9.19. The van der Waals surface area contributed by atoms with E-state index >= 15 is 0 Å². The first-order chi connectivity index (χ1) is 5.61. The second-order valence-corrected chi connectivity index (χ2v) is 3.06. The van der Waals surface area contributed by atoms with Crippen molar-refractivity contribution in [3.05, 3.63) is 24.2 Å². The molecule has 3 nitrogen and oxygen atoms in total. The molecule has 1 aromatic heterocycles. The van der Waals surface area contributed by atoms with Gasteiger partial charge in [-0.3, -0.25) is 4.90 Å². The van der Waals surface area contributed by atoms with Gasteiger partial charge in [0.15, 0.2) is 5.54 Å². The molecule has 1 heterocycles. The second kappa shape index (κ2) is 3.00. The van der Waals surface area contributed by atoms with Gasteiger partial charge in [-0.05, 0) is 33.2 Å². The van der Waals surface area contributed by atoms with Crippen molar-refractivity contribution >= 4 is 0 Å². The molecule has 1 rings (SSSR count). The summed E-state index contributed by atoms with van der Waals surface area (Å²) >= 11 is 0. The summed E-state index contributed by atoms with van der Waals surface area (Å²) in [6, 6.07) is 5.81. The van der Waals surface area contributed by atoms with Gasteiger partial charge in [-0.15, -0.1) is 0 Å². The van der Waals surface area contributed by atoms with E-state index in [1.165, 1.54) is 0 Å². The SMILES string of the molecule is CN(C)C(C)(C#N)c1ccco1. The lowest BCUT2D eigenvalue weighted by atomic mass is 10.00. The van der Waals surface area contributed by atoms with Gasteiger partial charge in [-0.25, -0.2) is 0 Å². The molecule has 0 amide bonds. The lowest BCUT2D eigenvalue weighted by Gasteiger charge is -2.26. The molecule has 0 bridgehead atoms. The van der Waals surface area contributed by atoms with Crippen LogP contribution in [0.2, 0.25) is 0 Å². The summed E-state index contributed by atoms with van der Waals surface area (Å²) in [7, 11) is 3.71. The summed E-state index contributed by atoms with van der Waals surface area (Å²) in [6.45, 7) is 1.83. The molecule has 1 atom stereocenters. The fourth-order valence-electron chi connectivity index (χ4n) is 0.931. The van der Waals surface area contributed by atoms with Gasteiger partial charge in [0, 0.05) is 0 Å². The Morgan fingerprint density at radius 3 is 2.58 bits per heavy atom. The van der Waals surface area contributed by atoms with Gasteiger partial charge in [0.1, 0.15) is 5.76 Å². The zero-order valence-corrected chi connectivity index (χ0v) is 7.53. The summed E-state index contributed by atoms with van der Waals surface area (Å²) in [6.07, 6.45) is 1.58. The van der Waals surface area contributed by atoms with Crippen molar-refractivity contribution in [3.8, 4) is 6.07 Å². The Morgan fingerprint density at radius 1 is 1.58 bits per heavy atom. The molecule has 0 aromatic carbocycles. The van der Waals surface area contributed by atoms with Crippen molar-refractivity contribution in [2.45, 2.75) is 12.5 Å². The summed E-state index contributed by atoms with van der Waals surface area (Å²) in [4.78, 5) is 1.83. The largest absolute Gasteiger partial charge is 0.466 e. The highest BCUT2D eigenvalue weighted by atomic mass is 16.3. The van der Waals surface area contributed by atoms with Crippen LogP contribution in [0.1, 0.15) is 12.7 Å². The van der Waals surface area contributed by atoms with Gasteiger partial charge in [-0.1, -0.05) is 0 Å². The van der Waals surface area contributed by atoms with E-state index in [2.05, 4.69) is 6.07 Å². The first kappa shape index (κ1) is 8.82. The minimum Gasteiger partial charge on any atom is -0.466 e. The average Bonchev–Trinajstić information content (AvgIpc) is 2.54. The third kappa shape index (κ3) is 1.21. The van der Waals surface area contributed by atoms with Crippen LogP contribution in [0.3, 0.4) is 0 Å². The Bertz CT molecular complexity index is 284. The molecule has 0 aliphatic heterocycles. The third-order valence-electron chi connectivity index (χ3n) is 2.11. The molecule has 0 aliphatic carbocycles. The predicted octanol–water partition coefficient (Wildman–Crippen LogP) is 1.58. The molecule has 1 aromatic rings. The Labute approximate surface area is 72.2 Å². The van der Waals surface area contributed by atoms with Crippen molar-refractivity contribution in [3.63, 3.8) is 0 Å². The van der Waals surface area contributed by atoms with Crippen LogP contribution < -0.4 is 0 Å². The van der Waals surface area contributed by atoms with Crippen LogP contribution in [0.25, 0.3) is 0 Å². The van der Waals surface area contributed by atoms with E-state index in [4.69, 9.17) is 9.68 Å². The van der Waals surface area contributed by atoms with Crippen LogP contribution >= 0.6 is 0 Å². The zero-order valence-electron chi connectivity index (χ0n) is 7.53. The van der Waals surface area contributed by atoms with Gasteiger partial charge in [-0.2, -0.15) is 5.26 Å². The normalized spacial score (nSPS) is 15.6. The number of furan rings is 1. The molecule has 1 unspecified atom stereocenters. The van der Waals surface area contributed by atoms with Crippen molar-refractivity contribution in [1.29, 1.82) is 5.26 Å². The average molecular weight is 164 g/mol. The maximum absolute atomic E-state index is 8.98. The summed E-state index contributed by atoms with van der Waals surface area (Å²) in [5, 5.41) is 8.98. The van der Waals surface area contributed by atoms with Gasteiger partial charge in [0.05, 0.1) is 12.3 Å². The van der Waals surface area contributed by atoms with Crippen LogP contribution in [-0.4, -0.2) is 19.0 Å². The molecule has 0 aliphatic rings. The van der Waals surface area contributed by atoms with E-state index in [1.54, 1.807) is 12.3 Å². The first-order valence-corrected chi connectivity index (χ1v) is 3.74. The maximum Gasteiger partial charge on any atom is 0.164 e. The maximum atomic E-state index is 8.98. The topological polar surface area (TPSA) is 40.2 Å². The standard InChI is InChI=1S/C9H12N2O/c1-9(7-10,11(2)3)8-5-4-6-12-8/h4-6H,1-3H3. The predicted molar refractivity (Wildman–Crippen MR) is 45.4 cm³/mol. The molecule has 0 radical (unpaired) electrons. The first-order valence-electron chi connectivity index (χ1n) is 3.74. The molecule has 64 valence electrons. The van der Waals surface area contributed by atoms with Crippen molar-refractivity contribution in [2.75, 3.05) is 14.1 Å². The molecule has 0 spiro atoms. The van der Waals surface area contributed by atoms with Gasteiger partial charge in [0.2, 0.25) is 0 Å². The Hall–Kier alpha value is -1.27. The lowest BCUT2D eigenvalue weighted by molar-refractivity contribution is 0.203. The number of rotatable bonds is 2. The number of nitrogens with zero attached hydrogens (tertiary/aromatic N) is 2. The smallest absolute Gasteiger partial charge is 0.164 e. The second-order valence-electron chi connectivity index (χ2n) is 3.06. The molecule has 0 saturated carbocycles. The van der Waals surface area contributed by atoms with Crippen LogP contribution in [0.15, 0.2) is 22.8 Å². The Balaban J connectivity index is 3.06. The van der Waals surface area contributed by atoms with E-state index in [0.717, 1.165) is 0 Å². The minimum absolute atomic E-state index is 0.663. The molecule has 0 N–H and O–H groups in total. The van der Waals surface area contributed by atoms with E-state index in [9.17, 15) is 0 Å². The number of hydrogen-bond donors (Lipinski definition) is 0. The molecule has 0 fully saturated rings. The third-order valence-corrected chi connectivity index (χ3v) is 2.11. The highest BCUT2D eigenvalue weighted by Gasteiger charge is 2.31. The van der Waals surface area contributed by atoms with Crippen LogP contribution in [0.4, 0.5) is 0 Å². The summed E-state index contributed by atoms with van der Waals surface area (Å²) in [5.41, 5.74) is -0.663. The lowest BCUT2D eigenvalue weighted by Crippen LogP contribution is -2.36. The summed E-state index contributed by atoms with van der Waals surface area (Å²) < 4.78 is 5.19. The van der Waals surface area contributed by atoms with E-state index < -0.39 is 5.54 Å². The van der Waals surface area contributed by atoms with Crippen molar-refractivity contribution in [2.24, 2.45) is 0 Å². The molecular weight excluding hydrogens is 152 g/mol. The van der Waals surface area contributed by atoms with Gasteiger partial charge < -0.3 is 4.42 Å². The quantitative estimate of drug-likeness (QED) is 0.666. The minimum atomic E-state index is -0.663. The Kier molecular flexibility index (Phi) is 2.20. The monoisotopic (exact) mass is 164 g/mol. The number of hydrogen-bond acceptors (Lipinski definition) is 3. The molecule has 3 heteroatoms. The van der Waals surface area contributed by atoms with E-state index in [1.807, 2.05) is 32.0 Å². The van der Waals surface area contributed by atoms with E-state index in [0.29, 0.717) is 5.76 Å². The highest BCUT2D eigenvalue weighted by molar-refractivity contribution is 5.20. The molecule has 12 heavy (non-hydrogen) atoms. The van der Waals surface area contributed by atoms with Crippen molar-refractivity contribution < 1.29 is 4.42 Å². The molecular formula is C9H12N2O. The van der Waals surface area contributed by atoms with Crippen LogP contribution in [0, 0.1) is 11.3 Å². The highest BCUT2D eigenvalue weighted by Crippen LogP contribution is 2.24. The van der Waals surface area contributed by atoms with Crippen LogP contribution in [0.5, 0.6) is 0 Å².